The van der Waals surface area contributed by atoms with Gasteiger partial charge >= 0.3 is 5.97 Å². The number of pyridine rings is 3. The summed E-state index contributed by atoms with van der Waals surface area (Å²) < 4.78 is 14.7. The highest BCUT2D eigenvalue weighted by Crippen LogP contribution is 2.24. The van der Waals surface area contributed by atoms with Crippen molar-refractivity contribution < 1.29 is 14.3 Å². The van der Waals surface area contributed by atoms with Gasteiger partial charge in [-0.05, 0) is 42.8 Å². The first-order valence-electron chi connectivity index (χ1n) is 7.48. The van der Waals surface area contributed by atoms with E-state index in [1.54, 1.807) is 31.5 Å². The second kappa shape index (κ2) is 7.00. The smallest absolute Gasteiger partial charge is 0.337 e. The van der Waals surface area contributed by atoms with Gasteiger partial charge in [0.05, 0.1) is 11.3 Å². The average Bonchev–Trinajstić information content (AvgIpc) is 2.64. The number of carboxylic acid groups (broad SMARTS) is 1. The molecule has 3 aromatic rings. The van der Waals surface area contributed by atoms with Crippen molar-refractivity contribution in [1.29, 1.82) is 0 Å². The third-order valence-corrected chi connectivity index (χ3v) is 3.63. The zero-order valence-electron chi connectivity index (χ0n) is 13.3. The van der Waals surface area contributed by atoms with Crippen LogP contribution in [-0.2, 0) is 0 Å². The molecule has 1 N–H and O–H groups in total. The van der Waals surface area contributed by atoms with Crippen molar-refractivity contribution in [1.82, 2.24) is 15.0 Å². The molecular weight excluding hydrogens is 321 g/mol. The highest BCUT2D eigenvalue weighted by atomic mass is 19.1. The normalized spacial score (nSPS) is 11.4. The second-order valence-electron chi connectivity index (χ2n) is 5.37. The van der Waals surface area contributed by atoms with E-state index in [9.17, 15) is 9.18 Å². The summed E-state index contributed by atoms with van der Waals surface area (Å²) in [6, 6.07) is 8.48. The summed E-state index contributed by atoms with van der Waals surface area (Å²) in [4.78, 5) is 23.3. The van der Waals surface area contributed by atoms with Crippen LogP contribution >= 0.6 is 0 Å². The molecule has 0 aromatic carbocycles. The SMILES string of the molecule is Cc1ncc(C(=O)O)cc1/C=C(\F)c1cncc(-c2ccccn2)c1. The number of hydrogen-bond acceptors (Lipinski definition) is 4. The van der Waals surface area contributed by atoms with Crippen LogP contribution in [0.4, 0.5) is 4.39 Å². The summed E-state index contributed by atoms with van der Waals surface area (Å²) in [7, 11) is 0. The van der Waals surface area contributed by atoms with Crippen molar-refractivity contribution in [3.63, 3.8) is 0 Å². The minimum atomic E-state index is -1.11. The van der Waals surface area contributed by atoms with Crippen molar-refractivity contribution in [3.8, 4) is 11.3 Å². The highest BCUT2D eigenvalue weighted by molar-refractivity contribution is 5.89. The predicted octanol–water partition coefficient (Wildman–Crippen LogP) is 4.01. The zero-order chi connectivity index (χ0) is 17.8. The van der Waals surface area contributed by atoms with Crippen molar-refractivity contribution >= 4 is 17.9 Å². The number of aromatic nitrogens is 3. The van der Waals surface area contributed by atoms with Crippen LogP contribution in [0.25, 0.3) is 23.2 Å². The van der Waals surface area contributed by atoms with Gasteiger partial charge in [-0.1, -0.05) is 6.07 Å². The first-order chi connectivity index (χ1) is 12.0. The van der Waals surface area contributed by atoms with Gasteiger partial charge in [0.25, 0.3) is 0 Å². The summed E-state index contributed by atoms with van der Waals surface area (Å²) in [6.45, 7) is 1.69. The summed E-state index contributed by atoms with van der Waals surface area (Å²) in [6.07, 6.45) is 7.17. The number of rotatable bonds is 4. The first-order valence-corrected chi connectivity index (χ1v) is 7.48. The molecule has 0 atom stereocenters. The molecule has 0 bridgehead atoms. The number of carbonyl (C=O) groups is 1. The lowest BCUT2D eigenvalue weighted by Gasteiger charge is -2.05. The predicted molar refractivity (Wildman–Crippen MR) is 92.4 cm³/mol. The van der Waals surface area contributed by atoms with E-state index >= 15 is 0 Å². The minimum Gasteiger partial charge on any atom is -0.478 e. The van der Waals surface area contributed by atoms with Crippen molar-refractivity contribution in [2.45, 2.75) is 6.92 Å². The third-order valence-electron chi connectivity index (χ3n) is 3.63. The first kappa shape index (κ1) is 16.4. The van der Waals surface area contributed by atoms with Gasteiger partial charge in [0, 0.05) is 41.6 Å². The van der Waals surface area contributed by atoms with Gasteiger partial charge in [-0.3, -0.25) is 15.0 Å². The number of aromatic carboxylic acids is 1. The van der Waals surface area contributed by atoms with Crippen molar-refractivity contribution in [3.05, 3.63) is 77.5 Å². The number of hydrogen-bond donors (Lipinski definition) is 1. The van der Waals surface area contributed by atoms with Crippen LogP contribution in [0.15, 0.2) is 55.1 Å². The Labute approximate surface area is 143 Å². The number of halogens is 1. The summed E-state index contributed by atoms with van der Waals surface area (Å²) in [5.74, 6) is -1.64. The van der Waals surface area contributed by atoms with E-state index in [2.05, 4.69) is 15.0 Å². The Kier molecular flexibility index (Phi) is 4.61. The highest BCUT2D eigenvalue weighted by Gasteiger charge is 2.09. The molecule has 124 valence electrons. The minimum absolute atomic E-state index is 0.00464. The molecule has 0 unspecified atom stereocenters. The van der Waals surface area contributed by atoms with Crippen LogP contribution in [0, 0.1) is 6.92 Å². The quantitative estimate of drug-likeness (QED) is 0.779. The Bertz CT molecular complexity index is 956. The van der Waals surface area contributed by atoms with Gasteiger partial charge < -0.3 is 5.11 Å². The van der Waals surface area contributed by atoms with E-state index in [4.69, 9.17) is 5.11 Å². The van der Waals surface area contributed by atoms with Gasteiger partial charge in [0.15, 0.2) is 0 Å². The molecule has 3 aromatic heterocycles. The molecule has 0 saturated heterocycles. The summed E-state index contributed by atoms with van der Waals surface area (Å²) in [5.41, 5.74) is 2.61. The lowest BCUT2D eigenvalue weighted by atomic mass is 10.1. The van der Waals surface area contributed by atoms with Crippen molar-refractivity contribution in [2.24, 2.45) is 0 Å². The Morgan fingerprint density at radius 2 is 1.96 bits per heavy atom. The van der Waals surface area contributed by atoms with E-state index in [1.165, 1.54) is 24.5 Å². The molecule has 0 saturated carbocycles. The number of carboxylic acids is 1. The fourth-order valence-electron chi connectivity index (χ4n) is 2.28. The molecule has 3 heterocycles. The standard InChI is InChI=1S/C19H14FN3O2/c1-12-13(6-16(11-23-12)19(24)25)8-17(20)14-7-15(10-21-9-14)18-4-2-3-5-22-18/h2-11H,1H3,(H,24,25)/b17-8-. The molecule has 5 nitrogen and oxygen atoms in total. The van der Waals surface area contributed by atoms with Gasteiger partial charge in [-0.15, -0.1) is 0 Å². The van der Waals surface area contributed by atoms with Crippen molar-refractivity contribution in [2.75, 3.05) is 0 Å². The van der Waals surface area contributed by atoms with E-state index in [0.717, 1.165) is 0 Å². The van der Waals surface area contributed by atoms with Crippen LogP contribution in [0.2, 0.25) is 0 Å². The lowest BCUT2D eigenvalue weighted by molar-refractivity contribution is 0.0696. The zero-order valence-corrected chi connectivity index (χ0v) is 13.3. The Morgan fingerprint density at radius 3 is 2.68 bits per heavy atom. The van der Waals surface area contributed by atoms with Crippen LogP contribution in [0.3, 0.4) is 0 Å². The maximum Gasteiger partial charge on any atom is 0.337 e. The fraction of sp³-hybridized carbons (Fsp3) is 0.0526. The molecule has 0 aliphatic rings. The van der Waals surface area contributed by atoms with E-state index in [-0.39, 0.29) is 11.1 Å². The Balaban J connectivity index is 1.99. The summed E-state index contributed by atoms with van der Waals surface area (Å²) in [5, 5.41) is 9.04. The van der Waals surface area contributed by atoms with Gasteiger partial charge in [0.2, 0.25) is 0 Å². The molecule has 3 rings (SSSR count). The van der Waals surface area contributed by atoms with Gasteiger partial charge in [0.1, 0.15) is 5.83 Å². The topological polar surface area (TPSA) is 76.0 Å². The van der Waals surface area contributed by atoms with E-state index in [1.807, 2.05) is 12.1 Å². The molecule has 0 radical (unpaired) electrons. The van der Waals surface area contributed by atoms with E-state index in [0.29, 0.717) is 22.5 Å². The van der Waals surface area contributed by atoms with Crippen LogP contribution < -0.4 is 0 Å². The van der Waals surface area contributed by atoms with Crippen LogP contribution in [0.5, 0.6) is 0 Å². The fourth-order valence-corrected chi connectivity index (χ4v) is 2.28. The molecule has 25 heavy (non-hydrogen) atoms. The Hall–Kier alpha value is -3.41. The molecule has 0 fully saturated rings. The molecule has 0 amide bonds. The number of aryl methyl sites for hydroxylation is 1. The van der Waals surface area contributed by atoms with E-state index < -0.39 is 11.8 Å². The summed E-state index contributed by atoms with van der Waals surface area (Å²) >= 11 is 0. The molecule has 6 heteroatoms. The maximum absolute atomic E-state index is 14.7. The van der Waals surface area contributed by atoms with Gasteiger partial charge in [-0.2, -0.15) is 0 Å². The monoisotopic (exact) mass is 335 g/mol. The molecular formula is C19H14FN3O2. The Morgan fingerprint density at radius 1 is 1.12 bits per heavy atom. The second-order valence-corrected chi connectivity index (χ2v) is 5.37. The molecule has 0 aliphatic heterocycles. The third kappa shape index (κ3) is 3.74. The largest absolute Gasteiger partial charge is 0.478 e. The maximum atomic E-state index is 14.7. The number of nitrogens with zero attached hydrogens (tertiary/aromatic N) is 3. The van der Waals surface area contributed by atoms with Crippen LogP contribution in [0.1, 0.15) is 27.2 Å². The average molecular weight is 335 g/mol. The van der Waals surface area contributed by atoms with Crippen LogP contribution in [-0.4, -0.2) is 26.0 Å². The molecule has 0 spiro atoms. The molecule has 0 aliphatic carbocycles. The van der Waals surface area contributed by atoms with Gasteiger partial charge in [-0.25, -0.2) is 9.18 Å². The lowest BCUT2D eigenvalue weighted by Crippen LogP contribution is -1.99.